The van der Waals surface area contributed by atoms with Crippen LogP contribution in [0, 0.1) is 17.0 Å². The average Bonchev–Trinajstić information content (AvgIpc) is 3.21. The fourth-order valence-electron chi connectivity index (χ4n) is 2.97. The standard InChI is InChI=1S/C23H20N4O3S/c1-17-7-13-21(14-8-17)30-15-22-24-25-23(26(22)19-5-3-2-4-6-19)31-16-18-9-11-20(12-10-18)27(28)29/h2-14H,15-16H2,1H3. The lowest BCUT2D eigenvalue weighted by molar-refractivity contribution is -0.384. The summed E-state index contributed by atoms with van der Waals surface area (Å²) in [5.41, 5.74) is 3.17. The van der Waals surface area contributed by atoms with Gasteiger partial charge >= 0.3 is 0 Å². The van der Waals surface area contributed by atoms with Crippen molar-refractivity contribution in [1.29, 1.82) is 0 Å². The van der Waals surface area contributed by atoms with Gasteiger partial charge in [0.15, 0.2) is 11.0 Å². The van der Waals surface area contributed by atoms with E-state index in [1.54, 1.807) is 12.1 Å². The topological polar surface area (TPSA) is 83.1 Å². The second kappa shape index (κ2) is 9.44. The Hall–Kier alpha value is -3.65. The molecular weight excluding hydrogens is 412 g/mol. The molecule has 1 aromatic heterocycles. The number of ether oxygens (including phenoxy) is 1. The first-order valence-corrected chi connectivity index (χ1v) is 10.6. The first-order valence-electron chi connectivity index (χ1n) is 9.65. The van der Waals surface area contributed by atoms with Gasteiger partial charge in [-0.25, -0.2) is 0 Å². The molecule has 7 nitrogen and oxygen atoms in total. The number of benzene rings is 3. The van der Waals surface area contributed by atoms with Crippen molar-refractivity contribution in [1.82, 2.24) is 14.8 Å². The SMILES string of the molecule is Cc1ccc(OCc2nnc(SCc3ccc([N+](=O)[O-])cc3)n2-c2ccccc2)cc1. The van der Waals surface area contributed by atoms with E-state index < -0.39 is 4.92 Å². The second-order valence-electron chi connectivity index (χ2n) is 6.88. The third-order valence-electron chi connectivity index (χ3n) is 4.62. The highest BCUT2D eigenvalue weighted by atomic mass is 32.2. The van der Waals surface area contributed by atoms with E-state index in [1.165, 1.54) is 29.5 Å². The van der Waals surface area contributed by atoms with Crippen LogP contribution in [0.3, 0.4) is 0 Å². The minimum atomic E-state index is -0.400. The lowest BCUT2D eigenvalue weighted by Gasteiger charge is -2.11. The van der Waals surface area contributed by atoms with E-state index in [2.05, 4.69) is 10.2 Å². The molecule has 4 aromatic rings. The summed E-state index contributed by atoms with van der Waals surface area (Å²) in [4.78, 5) is 10.4. The molecule has 156 valence electrons. The van der Waals surface area contributed by atoms with E-state index in [-0.39, 0.29) is 12.3 Å². The molecule has 0 saturated carbocycles. The third kappa shape index (κ3) is 5.10. The zero-order valence-electron chi connectivity index (χ0n) is 16.8. The molecule has 1 heterocycles. The van der Waals surface area contributed by atoms with Crippen LogP contribution < -0.4 is 4.74 Å². The van der Waals surface area contributed by atoms with Crippen LogP contribution in [0.25, 0.3) is 5.69 Å². The van der Waals surface area contributed by atoms with Gasteiger partial charge in [0.05, 0.1) is 4.92 Å². The first kappa shape index (κ1) is 20.6. The van der Waals surface area contributed by atoms with E-state index in [0.29, 0.717) is 11.6 Å². The molecule has 0 aliphatic carbocycles. The maximum absolute atomic E-state index is 10.8. The maximum Gasteiger partial charge on any atom is 0.269 e. The lowest BCUT2D eigenvalue weighted by Crippen LogP contribution is -2.06. The monoisotopic (exact) mass is 432 g/mol. The Bertz CT molecular complexity index is 1160. The Balaban J connectivity index is 1.54. The van der Waals surface area contributed by atoms with Crippen molar-refractivity contribution in [2.45, 2.75) is 24.4 Å². The molecule has 0 fully saturated rings. The molecule has 4 rings (SSSR count). The van der Waals surface area contributed by atoms with E-state index in [0.717, 1.165) is 22.2 Å². The minimum Gasteiger partial charge on any atom is -0.486 e. The van der Waals surface area contributed by atoms with Crippen LogP contribution in [-0.4, -0.2) is 19.7 Å². The van der Waals surface area contributed by atoms with Crippen LogP contribution in [-0.2, 0) is 12.4 Å². The molecule has 0 aliphatic rings. The number of para-hydroxylation sites is 1. The Morgan fingerprint density at radius 2 is 1.68 bits per heavy atom. The molecular formula is C23H20N4O3S. The fraction of sp³-hybridized carbons (Fsp3) is 0.130. The Labute approximate surface area is 183 Å². The van der Waals surface area contributed by atoms with Crippen LogP contribution in [0.15, 0.2) is 84.0 Å². The summed E-state index contributed by atoms with van der Waals surface area (Å²) in [6, 6.07) is 24.3. The van der Waals surface area contributed by atoms with Gasteiger partial charge in [0, 0.05) is 23.6 Å². The molecule has 0 aliphatic heterocycles. The fourth-order valence-corrected chi connectivity index (χ4v) is 3.89. The highest BCUT2D eigenvalue weighted by Gasteiger charge is 2.15. The molecule has 0 spiro atoms. The number of hydrogen-bond acceptors (Lipinski definition) is 6. The van der Waals surface area contributed by atoms with Gasteiger partial charge in [-0.1, -0.05) is 59.8 Å². The summed E-state index contributed by atoms with van der Waals surface area (Å²) in [5, 5.41) is 20.3. The van der Waals surface area contributed by atoms with E-state index in [1.807, 2.05) is 66.1 Å². The molecule has 0 saturated heterocycles. The number of aryl methyl sites for hydroxylation is 1. The molecule has 8 heteroatoms. The zero-order chi connectivity index (χ0) is 21.6. The second-order valence-corrected chi connectivity index (χ2v) is 7.83. The molecule has 3 aromatic carbocycles. The van der Waals surface area contributed by atoms with Crippen LogP contribution in [0.1, 0.15) is 17.0 Å². The highest BCUT2D eigenvalue weighted by Crippen LogP contribution is 2.26. The highest BCUT2D eigenvalue weighted by molar-refractivity contribution is 7.98. The van der Waals surface area contributed by atoms with Gasteiger partial charge in [-0.3, -0.25) is 14.7 Å². The van der Waals surface area contributed by atoms with E-state index in [4.69, 9.17) is 4.74 Å². The molecule has 0 N–H and O–H groups in total. The van der Waals surface area contributed by atoms with Gasteiger partial charge in [-0.05, 0) is 36.8 Å². The summed E-state index contributed by atoms with van der Waals surface area (Å²) < 4.78 is 7.90. The number of rotatable bonds is 8. The summed E-state index contributed by atoms with van der Waals surface area (Å²) in [5.74, 6) is 2.08. The van der Waals surface area contributed by atoms with Gasteiger partial charge in [-0.15, -0.1) is 10.2 Å². The van der Waals surface area contributed by atoms with Gasteiger partial charge < -0.3 is 4.74 Å². The van der Waals surface area contributed by atoms with Crippen molar-refractivity contribution in [3.63, 3.8) is 0 Å². The minimum absolute atomic E-state index is 0.0803. The number of hydrogen-bond donors (Lipinski definition) is 0. The van der Waals surface area contributed by atoms with Gasteiger partial charge in [0.25, 0.3) is 5.69 Å². The maximum atomic E-state index is 10.8. The number of thioether (sulfide) groups is 1. The molecule has 0 bridgehead atoms. The largest absolute Gasteiger partial charge is 0.486 e. The number of nitro benzene ring substituents is 1. The molecule has 0 radical (unpaired) electrons. The Kier molecular flexibility index (Phi) is 6.28. The first-order chi connectivity index (χ1) is 15.1. The van der Waals surface area contributed by atoms with Crippen LogP contribution >= 0.6 is 11.8 Å². The Morgan fingerprint density at radius 3 is 2.35 bits per heavy atom. The van der Waals surface area contributed by atoms with Gasteiger partial charge in [0.1, 0.15) is 12.4 Å². The molecule has 0 atom stereocenters. The van der Waals surface area contributed by atoms with Gasteiger partial charge in [0.2, 0.25) is 0 Å². The summed E-state index contributed by atoms with van der Waals surface area (Å²) in [7, 11) is 0. The average molecular weight is 433 g/mol. The van der Waals surface area contributed by atoms with E-state index in [9.17, 15) is 10.1 Å². The van der Waals surface area contributed by atoms with Crippen molar-refractivity contribution < 1.29 is 9.66 Å². The van der Waals surface area contributed by atoms with Crippen molar-refractivity contribution in [2.24, 2.45) is 0 Å². The quantitative estimate of drug-likeness (QED) is 0.212. The van der Waals surface area contributed by atoms with E-state index >= 15 is 0 Å². The molecule has 0 unspecified atom stereocenters. The van der Waals surface area contributed by atoms with Crippen LogP contribution in [0.4, 0.5) is 5.69 Å². The number of aromatic nitrogens is 3. The van der Waals surface area contributed by atoms with Crippen molar-refractivity contribution in [3.05, 3.63) is 106 Å². The number of nitrogens with zero attached hydrogens (tertiary/aromatic N) is 4. The van der Waals surface area contributed by atoms with Gasteiger partial charge in [-0.2, -0.15) is 0 Å². The number of non-ortho nitro benzene ring substituents is 1. The zero-order valence-corrected chi connectivity index (χ0v) is 17.7. The summed E-state index contributed by atoms with van der Waals surface area (Å²) in [6.07, 6.45) is 0. The summed E-state index contributed by atoms with van der Waals surface area (Å²) in [6.45, 7) is 2.31. The third-order valence-corrected chi connectivity index (χ3v) is 5.62. The molecule has 31 heavy (non-hydrogen) atoms. The van der Waals surface area contributed by atoms with Crippen molar-refractivity contribution in [2.75, 3.05) is 0 Å². The predicted octanol–water partition coefficient (Wildman–Crippen LogP) is 5.36. The normalized spacial score (nSPS) is 10.7. The summed E-state index contributed by atoms with van der Waals surface area (Å²) >= 11 is 1.52. The molecule has 0 amide bonds. The lowest BCUT2D eigenvalue weighted by atomic mass is 10.2. The van der Waals surface area contributed by atoms with Crippen LogP contribution in [0.5, 0.6) is 5.75 Å². The smallest absolute Gasteiger partial charge is 0.269 e. The van der Waals surface area contributed by atoms with Crippen LogP contribution in [0.2, 0.25) is 0 Å². The van der Waals surface area contributed by atoms with Crippen molar-refractivity contribution in [3.8, 4) is 11.4 Å². The number of nitro groups is 1. The Morgan fingerprint density at radius 1 is 0.968 bits per heavy atom. The van der Waals surface area contributed by atoms with Crippen molar-refractivity contribution >= 4 is 17.4 Å². The predicted molar refractivity (Wildman–Crippen MR) is 120 cm³/mol.